The van der Waals surface area contributed by atoms with E-state index >= 15 is 0 Å². The standard InChI is InChI=1S/C21H17F2N5OS2/c1-2-28-19(13-6-4-3-5-7-13)26-27-21(28)31-12-18(29)25-20-24-17(11-30-20)15-10-14(22)8-9-16(15)23/h3-11H,2,12H2,1H3,(H,24,25,29). The van der Waals surface area contributed by atoms with Crippen LogP contribution in [-0.2, 0) is 11.3 Å². The van der Waals surface area contributed by atoms with Crippen LogP contribution >= 0.6 is 23.1 Å². The van der Waals surface area contributed by atoms with Gasteiger partial charge in [0.25, 0.3) is 0 Å². The van der Waals surface area contributed by atoms with Crippen molar-refractivity contribution in [2.24, 2.45) is 0 Å². The third-order valence-electron chi connectivity index (χ3n) is 4.35. The molecule has 1 amide bonds. The Morgan fingerprint density at radius 2 is 1.97 bits per heavy atom. The molecule has 158 valence electrons. The van der Waals surface area contributed by atoms with Gasteiger partial charge in [-0.25, -0.2) is 13.8 Å². The molecular weight excluding hydrogens is 440 g/mol. The summed E-state index contributed by atoms with van der Waals surface area (Å²) in [6, 6.07) is 12.9. The molecule has 0 fully saturated rings. The number of aromatic nitrogens is 4. The first-order valence-electron chi connectivity index (χ1n) is 9.37. The summed E-state index contributed by atoms with van der Waals surface area (Å²) in [4.78, 5) is 16.6. The van der Waals surface area contributed by atoms with E-state index in [-0.39, 0.29) is 22.9 Å². The van der Waals surface area contributed by atoms with Crippen LogP contribution in [-0.4, -0.2) is 31.4 Å². The van der Waals surface area contributed by atoms with E-state index in [2.05, 4.69) is 20.5 Å². The fourth-order valence-corrected chi connectivity index (χ4v) is 4.44. The normalized spacial score (nSPS) is 10.9. The van der Waals surface area contributed by atoms with Crippen LogP contribution in [0.3, 0.4) is 0 Å². The number of benzene rings is 2. The predicted molar refractivity (Wildman–Crippen MR) is 118 cm³/mol. The van der Waals surface area contributed by atoms with Crippen molar-refractivity contribution in [2.45, 2.75) is 18.6 Å². The van der Waals surface area contributed by atoms with Gasteiger partial charge in [-0.05, 0) is 25.1 Å². The molecule has 2 heterocycles. The second-order valence-electron chi connectivity index (χ2n) is 6.42. The van der Waals surface area contributed by atoms with Crippen LogP contribution < -0.4 is 5.32 Å². The third kappa shape index (κ3) is 4.80. The van der Waals surface area contributed by atoms with Crippen molar-refractivity contribution in [1.82, 2.24) is 19.7 Å². The van der Waals surface area contributed by atoms with Gasteiger partial charge in [-0.1, -0.05) is 42.1 Å². The number of thiazole rings is 1. The first-order chi connectivity index (χ1) is 15.0. The van der Waals surface area contributed by atoms with Gasteiger partial charge in [-0.3, -0.25) is 4.79 Å². The van der Waals surface area contributed by atoms with Gasteiger partial charge in [0.1, 0.15) is 11.6 Å². The van der Waals surface area contributed by atoms with E-state index in [9.17, 15) is 13.6 Å². The number of anilines is 1. The first kappa shape index (κ1) is 21.1. The smallest absolute Gasteiger partial charge is 0.236 e. The fraction of sp³-hybridized carbons (Fsp3) is 0.143. The number of thioether (sulfide) groups is 1. The minimum Gasteiger partial charge on any atom is -0.302 e. The number of amides is 1. The number of rotatable bonds is 7. The summed E-state index contributed by atoms with van der Waals surface area (Å²) in [5.74, 6) is -0.560. The van der Waals surface area contributed by atoms with Gasteiger partial charge >= 0.3 is 0 Å². The minimum atomic E-state index is -0.576. The van der Waals surface area contributed by atoms with Gasteiger partial charge in [0.15, 0.2) is 16.1 Å². The molecule has 0 aliphatic heterocycles. The van der Waals surface area contributed by atoms with Gasteiger partial charge in [0, 0.05) is 23.1 Å². The van der Waals surface area contributed by atoms with Crippen LogP contribution in [0.25, 0.3) is 22.6 Å². The number of nitrogens with zero attached hydrogens (tertiary/aromatic N) is 4. The van der Waals surface area contributed by atoms with E-state index in [1.807, 2.05) is 41.8 Å². The summed E-state index contributed by atoms with van der Waals surface area (Å²) in [7, 11) is 0. The maximum atomic E-state index is 13.9. The fourth-order valence-electron chi connectivity index (χ4n) is 2.92. The lowest BCUT2D eigenvalue weighted by atomic mass is 10.1. The maximum absolute atomic E-state index is 13.9. The van der Waals surface area contributed by atoms with Crippen LogP contribution in [0.1, 0.15) is 6.92 Å². The molecule has 4 aromatic rings. The Balaban J connectivity index is 1.41. The molecule has 31 heavy (non-hydrogen) atoms. The van der Waals surface area contributed by atoms with Crippen LogP contribution in [0, 0.1) is 11.6 Å². The molecule has 4 rings (SSSR count). The monoisotopic (exact) mass is 457 g/mol. The van der Waals surface area contributed by atoms with Crippen molar-refractivity contribution in [3.8, 4) is 22.6 Å². The molecule has 1 N–H and O–H groups in total. The second-order valence-corrected chi connectivity index (χ2v) is 8.22. The van der Waals surface area contributed by atoms with Crippen LogP contribution in [0.15, 0.2) is 59.1 Å². The van der Waals surface area contributed by atoms with Gasteiger partial charge in [0.2, 0.25) is 5.91 Å². The molecule has 0 bridgehead atoms. The Morgan fingerprint density at radius 3 is 2.74 bits per heavy atom. The average molecular weight is 458 g/mol. The number of carbonyl (C=O) groups is 1. The third-order valence-corrected chi connectivity index (χ3v) is 6.08. The summed E-state index contributed by atoms with van der Waals surface area (Å²) >= 11 is 2.41. The summed E-state index contributed by atoms with van der Waals surface area (Å²) in [5, 5.41) is 13.7. The number of halogens is 2. The summed E-state index contributed by atoms with van der Waals surface area (Å²) in [6.07, 6.45) is 0. The lowest BCUT2D eigenvalue weighted by Crippen LogP contribution is -2.14. The van der Waals surface area contributed by atoms with E-state index in [1.54, 1.807) is 5.38 Å². The zero-order valence-corrected chi connectivity index (χ0v) is 18.0. The van der Waals surface area contributed by atoms with Gasteiger partial charge in [0.05, 0.1) is 11.4 Å². The van der Waals surface area contributed by atoms with Crippen molar-refractivity contribution in [3.63, 3.8) is 0 Å². The van der Waals surface area contributed by atoms with Crippen molar-refractivity contribution in [3.05, 3.63) is 65.5 Å². The maximum Gasteiger partial charge on any atom is 0.236 e. The molecule has 0 unspecified atom stereocenters. The van der Waals surface area contributed by atoms with E-state index in [0.29, 0.717) is 16.8 Å². The molecule has 0 radical (unpaired) electrons. The Morgan fingerprint density at radius 1 is 1.16 bits per heavy atom. The molecule has 2 aromatic carbocycles. The summed E-state index contributed by atoms with van der Waals surface area (Å²) in [5.41, 5.74) is 1.27. The number of hydrogen-bond donors (Lipinski definition) is 1. The molecular formula is C21H17F2N5OS2. The number of hydrogen-bond acceptors (Lipinski definition) is 6. The van der Waals surface area contributed by atoms with Gasteiger partial charge < -0.3 is 9.88 Å². The highest BCUT2D eigenvalue weighted by Crippen LogP contribution is 2.28. The zero-order valence-electron chi connectivity index (χ0n) is 16.4. The van der Waals surface area contributed by atoms with E-state index < -0.39 is 11.6 Å². The van der Waals surface area contributed by atoms with E-state index in [4.69, 9.17) is 0 Å². The minimum absolute atomic E-state index is 0.0515. The van der Waals surface area contributed by atoms with E-state index in [1.165, 1.54) is 11.8 Å². The van der Waals surface area contributed by atoms with Crippen molar-refractivity contribution in [2.75, 3.05) is 11.1 Å². The molecule has 0 atom stereocenters. The lowest BCUT2D eigenvalue weighted by molar-refractivity contribution is -0.113. The highest BCUT2D eigenvalue weighted by atomic mass is 32.2. The van der Waals surface area contributed by atoms with Gasteiger partial charge in [-0.2, -0.15) is 0 Å². The van der Waals surface area contributed by atoms with Gasteiger partial charge in [-0.15, -0.1) is 21.5 Å². The molecule has 0 saturated heterocycles. The Hall–Kier alpha value is -3.11. The Labute approximate surface area is 185 Å². The largest absolute Gasteiger partial charge is 0.302 e. The topological polar surface area (TPSA) is 72.7 Å². The van der Waals surface area contributed by atoms with Crippen LogP contribution in [0.4, 0.5) is 13.9 Å². The summed E-state index contributed by atoms with van der Waals surface area (Å²) in [6.45, 7) is 2.65. The summed E-state index contributed by atoms with van der Waals surface area (Å²) < 4.78 is 29.3. The molecule has 0 aliphatic rings. The van der Waals surface area contributed by atoms with E-state index in [0.717, 1.165) is 40.9 Å². The van der Waals surface area contributed by atoms with Crippen molar-refractivity contribution >= 4 is 34.1 Å². The van der Waals surface area contributed by atoms with Crippen molar-refractivity contribution < 1.29 is 13.6 Å². The first-order valence-corrected chi connectivity index (χ1v) is 11.2. The quantitative estimate of drug-likeness (QED) is 0.391. The highest BCUT2D eigenvalue weighted by Gasteiger charge is 2.16. The molecule has 10 heteroatoms. The Bertz CT molecular complexity index is 1210. The average Bonchev–Trinajstić information content (AvgIpc) is 3.41. The molecule has 0 saturated carbocycles. The molecule has 2 aromatic heterocycles. The zero-order chi connectivity index (χ0) is 21.8. The highest BCUT2D eigenvalue weighted by molar-refractivity contribution is 7.99. The SMILES string of the molecule is CCn1c(SCC(=O)Nc2nc(-c3cc(F)ccc3F)cs2)nnc1-c1ccccc1. The molecule has 0 aliphatic carbocycles. The van der Waals surface area contributed by atoms with Crippen LogP contribution in [0.5, 0.6) is 0 Å². The molecule has 0 spiro atoms. The van der Waals surface area contributed by atoms with Crippen molar-refractivity contribution in [1.29, 1.82) is 0 Å². The number of carbonyl (C=O) groups excluding carboxylic acids is 1. The Kier molecular flexibility index (Phi) is 6.38. The molecule has 6 nitrogen and oxygen atoms in total. The predicted octanol–water partition coefficient (Wildman–Crippen LogP) is 5.10. The van der Waals surface area contributed by atoms with Crippen LogP contribution in [0.2, 0.25) is 0 Å². The number of nitrogens with one attached hydrogen (secondary N) is 1. The lowest BCUT2D eigenvalue weighted by Gasteiger charge is -2.07. The second kappa shape index (κ2) is 9.36.